The van der Waals surface area contributed by atoms with E-state index >= 15 is 0 Å². The Morgan fingerprint density at radius 1 is 1.28 bits per heavy atom. The summed E-state index contributed by atoms with van der Waals surface area (Å²) >= 11 is 0. The van der Waals surface area contributed by atoms with Crippen LogP contribution >= 0.6 is 0 Å². The predicted molar refractivity (Wildman–Crippen MR) is 69.9 cm³/mol. The third-order valence-corrected chi connectivity index (χ3v) is 5.98. The molecule has 0 spiro atoms. The molecule has 0 bridgehead atoms. The van der Waals surface area contributed by atoms with Crippen LogP contribution in [0, 0.1) is 29.6 Å². The Labute approximate surface area is 110 Å². The molecule has 6 atom stereocenters. The highest BCUT2D eigenvalue weighted by Crippen LogP contribution is 2.51. The monoisotopic (exact) mass is 251 g/mol. The Balaban J connectivity index is 1.89. The van der Waals surface area contributed by atoms with E-state index in [0.717, 1.165) is 13.0 Å². The van der Waals surface area contributed by atoms with Crippen LogP contribution in [0.2, 0.25) is 0 Å². The van der Waals surface area contributed by atoms with Crippen LogP contribution in [0.1, 0.15) is 39.5 Å². The molecule has 18 heavy (non-hydrogen) atoms. The van der Waals surface area contributed by atoms with Gasteiger partial charge in [0.05, 0.1) is 0 Å². The molecule has 0 aromatic heterocycles. The zero-order chi connectivity index (χ0) is 12.9. The zero-order valence-corrected chi connectivity index (χ0v) is 11.5. The molecule has 0 radical (unpaired) electrons. The van der Waals surface area contributed by atoms with Crippen LogP contribution in [-0.4, -0.2) is 35.1 Å². The van der Waals surface area contributed by atoms with Gasteiger partial charge < -0.3 is 10.0 Å². The third-order valence-electron chi connectivity index (χ3n) is 5.98. The molecule has 3 heteroatoms. The second-order valence-corrected chi connectivity index (χ2v) is 6.68. The smallest absolute Gasteiger partial charge is 0.226 e. The van der Waals surface area contributed by atoms with E-state index in [0.29, 0.717) is 35.6 Å². The molecule has 1 N–H and O–H groups in total. The first-order valence-electron chi connectivity index (χ1n) is 7.56. The molecule has 3 nitrogen and oxygen atoms in total. The van der Waals surface area contributed by atoms with Crippen molar-refractivity contribution in [2.45, 2.75) is 45.6 Å². The largest absolute Gasteiger partial charge is 0.396 e. The molecule has 3 aliphatic rings. The number of piperidine rings is 2. The van der Waals surface area contributed by atoms with E-state index in [-0.39, 0.29) is 12.5 Å². The molecule has 102 valence electrons. The van der Waals surface area contributed by atoms with Gasteiger partial charge in [-0.05, 0) is 49.4 Å². The molecular weight excluding hydrogens is 226 g/mol. The quantitative estimate of drug-likeness (QED) is 0.773. The maximum absolute atomic E-state index is 12.7. The van der Waals surface area contributed by atoms with Crippen LogP contribution in [0.25, 0.3) is 0 Å². The van der Waals surface area contributed by atoms with Crippen LogP contribution in [-0.2, 0) is 4.79 Å². The molecule has 1 amide bonds. The Morgan fingerprint density at radius 2 is 2.06 bits per heavy atom. The van der Waals surface area contributed by atoms with Gasteiger partial charge in [-0.2, -0.15) is 0 Å². The maximum atomic E-state index is 12.7. The summed E-state index contributed by atoms with van der Waals surface area (Å²) in [7, 11) is 0. The van der Waals surface area contributed by atoms with Gasteiger partial charge in [0.15, 0.2) is 0 Å². The number of fused-ring (bicyclic) bond motifs is 2. The van der Waals surface area contributed by atoms with E-state index in [1.54, 1.807) is 0 Å². The van der Waals surface area contributed by atoms with E-state index in [2.05, 4.69) is 18.7 Å². The number of hydrogen-bond donors (Lipinski definition) is 1. The highest BCUT2D eigenvalue weighted by Gasteiger charge is 2.54. The first-order chi connectivity index (χ1) is 8.65. The fourth-order valence-electron chi connectivity index (χ4n) is 4.84. The Bertz CT molecular complexity index is 343. The van der Waals surface area contributed by atoms with Gasteiger partial charge >= 0.3 is 0 Å². The van der Waals surface area contributed by atoms with Crippen molar-refractivity contribution >= 4 is 5.91 Å². The van der Waals surface area contributed by atoms with Gasteiger partial charge in [0.2, 0.25) is 5.91 Å². The summed E-state index contributed by atoms with van der Waals surface area (Å²) in [6, 6.07) is 0.483. The summed E-state index contributed by atoms with van der Waals surface area (Å²) in [6.07, 6.45) is 4.69. The van der Waals surface area contributed by atoms with E-state index in [9.17, 15) is 9.90 Å². The number of rotatable bonds is 1. The number of carbonyl (C=O) groups excluding carboxylic acids is 1. The second kappa shape index (κ2) is 4.52. The second-order valence-electron chi connectivity index (χ2n) is 6.68. The third kappa shape index (κ3) is 1.63. The van der Waals surface area contributed by atoms with E-state index in [4.69, 9.17) is 0 Å². The van der Waals surface area contributed by atoms with E-state index in [1.165, 1.54) is 19.3 Å². The molecule has 0 aromatic rings. The Kier molecular flexibility index (Phi) is 3.13. The van der Waals surface area contributed by atoms with Crippen molar-refractivity contribution in [3.8, 4) is 0 Å². The average molecular weight is 251 g/mol. The SMILES string of the molecule is C[C@@H]1[C@@H](CO)C[C@H]2[C@H](C)[C@H]3CCCCN3C(=O)[C@@H]12. The molecule has 3 fully saturated rings. The molecule has 3 rings (SSSR count). The molecule has 2 saturated heterocycles. The zero-order valence-electron chi connectivity index (χ0n) is 11.5. The van der Waals surface area contributed by atoms with Crippen molar-refractivity contribution in [2.24, 2.45) is 29.6 Å². The Morgan fingerprint density at radius 3 is 2.78 bits per heavy atom. The van der Waals surface area contributed by atoms with Crippen molar-refractivity contribution in [1.29, 1.82) is 0 Å². The van der Waals surface area contributed by atoms with Crippen molar-refractivity contribution in [1.82, 2.24) is 4.90 Å². The van der Waals surface area contributed by atoms with Crippen LogP contribution in [0.5, 0.6) is 0 Å². The predicted octanol–water partition coefficient (Wildman–Crippen LogP) is 1.90. The van der Waals surface area contributed by atoms with Crippen LogP contribution in [0.3, 0.4) is 0 Å². The van der Waals surface area contributed by atoms with Gasteiger partial charge in [-0.15, -0.1) is 0 Å². The minimum Gasteiger partial charge on any atom is -0.396 e. The summed E-state index contributed by atoms with van der Waals surface area (Å²) in [4.78, 5) is 14.9. The molecule has 0 aromatic carbocycles. The summed E-state index contributed by atoms with van der Waals surface area (Å²) in [5, 5.41) is 9.49. The maximum Gasteiger partial charge on any atom is 0.226 e. The number of aliphatic hydroxyl groups excluding tert-OH is 1. The lowest BCUT2D eigenvalue weighted by molar-refractivity contribution is -0.151. The summed E-state index contributed by atoms with van der Waals surface area (Å²) < 4.78 is 0. The lowest BCUT2D eigenvalue weighted by atomic mass is 9.71. The minimum atomic E-state index is 0.187. The van der Waals surface area contributed by atoms with Gasteiger partial charge in [0.1, 0.15) is 0 Å². The normalized spacial score (nSPS) is 47.9. The fraction of sp³-hybridized carbons (Fsp3) is 0.933. The lowest BCUT2D eigenvalue weighted by Crippen LogP contribution is -2.57. The average Bonchev–Trinajstić information content (AvgIpc) is 2.73. The fourth-order valence-corrected chi connectivity index (χ4v) is 4.84. The standard InChI is InChI=1S/C15H25NO2/c1-9-11(8-17)7-12-10(2)13-5-3-4-6-16(13)15(18)14(9)12/h9-14,17H,3-8H2,1-2H3/t9-,10+,11-,12+,13-,14+/m1/s1. The van der Waals surface area contributed by atoms with Crippen molar-refractivity contribution in [3.05, 3.63) is 0 Å². The molecule has 2 heterocycles. The van der Waals surface area contributed by atoms with Crippen molar-refractivity contribution in [2.75, 3.05) is 13.2 Å². The number of nitrogens with zero attached hydrogens (tertiary/aromatic N) is 1. The molecule has 2 aliphatic heterocycles. The molecule has 0 unspecified atom stereocenters. The highest BCUT2D eigenvalue weighted by atomic mass is 16.3. The van der Waals surface area contributed by atoms with Crippen molar-refractivity contribution in [3.63, 3.8) is 0 Å². The number of carbonyl (C=O) groups is 1. The van der Waals surface area contributed by atoms with Crippen LogP contribution in [0.4, 0.5) is 0 Å². The summed E-state index contributed by atoms with van der Waals surface area (Å²) in [5.74, 6) is 2.42. The van der Waals surface area contributed by atoms with Crippen molar-refractivity contribution < 1.29 is 9.90 Å². The number of hydrogen-bond acceptors (Lipinski definition) is 2. The van der Waals surface area contributed by atoms with Gasteiger partial charge in [0, 0.05) is 25.1 Å². The number of amides is 1. The topological polar surface area (TPSA) is 40.5 Å². The highest BCUT2D eigenvalue weighted by molar-refractivity contribution is 5.81. The van der Waals surface area contributed by atoms with Gasteiger partial charge in [-0.25, -0.2) is 0 Å². The summed E-state index contributed by atoms with van der Waals surface area (Å²) in [6.45, 7) is 5.71. The first kappa shape index (κ1) is 12.5. The summed E-state index contributed by atoms with van der Waals surface area (Å²) in [5.41, 5.74) is 0. The van der Waals surface area contributed by atoms with Gasteiger partial charge in [-0.1, -0.05) is 13.8 Å². The number of aliphatic hydroxyl groups is 1. The van der Waals surface area contributed by atoms with Crippen LogP contribution < -0.4 is 0 Å². The first-order valence-corrected chi connectivity index (χ1v) is 7.56. The van der Waals surface area contributed by atoms with Crippen LogP contribution in [0.15, 0.2) is 0 Å². The minimum absolute atomic E-state index is 0.187. The van der Waals surface area contributed by atoms with E-state index < -0.39 is 0 Å². The molecular formula is C15H25NO2. The van der Waals surface area contributed by atoms with Gasteiger partial charge in [-0.3, -0.25) is 4.79 Å². The Hall–Kier alpha value is -0.570. The molecule has 1 saturated carbocycles. The lowest BCUT2D eigenvalue weighted by Gasteiger charge is -2.49. The van der Waals surface area contributed by atoms with Gasteiger partial charge in [0.25, 0.3) is 0 Å². The van der Waals surface area contributed by atoms with E-state index in [1.807, 2.05) is 0 Å². The molecule has 1 aliphatic carbocycles.